The first-order chi connectivity index (χ1) is 7.78. The minimum Gasteiger partial charge on any atom is -0.307 e. The van der Waals surface area contributed by atoms with Gasteiger partial charge in [-0.1, -0.05) is 26.2 Å². The second-order valence-corrected chi connectivity index (χ2v) is 6.04. The van der Waals surface area contributed by atoms with E-state index in [9.17, 15) is 5.21 Å². The van der Waals surface area contributed by atoms with Crippen molar-refractivity contribution in [2.75, 3.05) is 7.05 Å². The SMILES string of the molecule is CCCCCC[C@@]1(C)N(O)C(C)(C)C(C)=[N+]1C. The second-order valence-electron chi connectivity index (χ2n) is 6.04. The minimum absolute atomic E-state index is 0.249. The number of nitrogens with zero attached hydrogens (tertiary/aromatic N) is 2. The van der Waals surface area contributed by atoms with E-state index >= 15 is 0 Å². The van der Waals surface area contributed by atoms with Crippen molar-refractivity contribution in [1.29, 1.82) is 0 Å². The van der Waals surface area contributed by atoms with Crippen LogP contribution in [0, 0.1) is 0 Å². The molecule has 0 saturated heterocycles. The highest BCUT2D eigenvalue weighted by Crippen LogP contribution is 2.35. The van der Waals surface area contributed by atoms with E-state index in [0.29, 0.717) is 0 Å². The van der Waals surface area contributed by atoms with Gasteiger partial charge in [-0.05, 0) is 20.3 Å². The van der Waals surface area contributed by atoms with Crippen LogP contribution in [0.3, 0.4) is 0 Å². The summed E-state index contributed by atoms with van der Waals surface area (Å²) in [6.45, 7) is 10.6. The maximum atomic E-state index is 10.4. The van der Waals surface area contributed by atoms with E-state index in [1.54, 1.807) is 5.06 Å². The zero-order valence-corrected chi connectivity index (χ0v) is 12.4. The maximum Gasteiger partial charge on any atom is 0.237 e. The van der Waals surface area contributed by atoms with E-state index in [4.69, 9.17) is 0 Å². The van der Waals surface area contributed by atoms with Crippen LogP contribution in [0.25, 0.3) is 0 Å². The molecule has 1 aliphatic rings. The van der Waals surface area contributed by atoms with Crippen molar-refractivity contribution in [1.82, 2.24) is 5.06 Å². The van der Waals surface area contributed by atoms with Crippen molar-refractivity contribution in [2.24, 2.45) is 0 Å². The first-order valence-electron chi connectivity index (χ1n) is 6.85. The molecule has 1 aliphatic heterocycles. The van der Waals surface area contributed by atoms with Crippen molar-refractivity contribution < 1.29 is 9.78 Å². The van der Waals surface area contributed by atoms with Gasteiger partial charge in [-0.3, -0.25) is 0 Å². The molecule has 0 bridgehead atoms. The third-order valence-electron chi connectivity index (χ3n) is 4.60. The van der Waals surface area contributed by atoms with E-state index in [0.717, 1.165) is 6.42 Å². The Morgan fingerprint density at radius 3 is 2.18 bits per heavy atom. The standard InChI is InChI=1S/C14H29N2O/c1-7-8-9-10-11-14(5)15(6)12(2)13(3,4)16(14)17/h17H,7-11H2,1-6H3/q+1/t14-/m1/s1. The van der Waals surface area contributed by atoms with Gasteiger partial charge in [-0.25, -0.2) is 4.58 Å². The van der Waals surface area contributed by atoms with E-state index < -0.39 is 0 Å². The fourth-order valence-corrected chi connectivity index (χ4v) is 2.83. The third kappa shape index (κ3) is 2.41. The molecule has 0 aromatic rings. The molecule has 3 heteroatoms. The zero-order chi connectivity index (χ0) is 13.3. The average Bonchev–Trinajstić information content (AvgIpc) is 2.40. The van der Waals surface area contributed by atoms with Crippen LogP contribution in [0.15, 0.2) is 0 Å². The molecule has 17 heavy (non-hydrogen) atoms. The molecule has 0 aromatic heterocycles. The molecule has 0 fully saturated rings. The molecule has 0 saturated carbocycles. The lowest BCUT2D eigenvalue weighted by atomic mass is 9.98. The summed E-state index contributed by atoms with van der Waals surface area (Å²) in [6, 6.07) is 0. The number of rotatable bonds is 5. The quantitative estimate of drug-likeness (QED) is 0.591. The summed E-state index contributed by atoms with van der Waals surface area (Å²) < 4.78 is 2.24. The van der Waals surface area contributed by atoms with E-state index in [-0.39, 0.29) is 11.2 Å². The smallest absolute Gasteiger partial charge is 0.237 e. The van der Waals surface area contributed by atoms with E-state index in [1.807, 2.05) is 0 Å². The Kier molecular flexibility index (Phi) is 4.37. The first-order valence-corrected chi connectivity index (χ1v) is 6.85. The largest absolute Gasteiger partial charge is 0.307 e. The molecule has 0 radical (unpaired) electrons. The van der Waals surface area contributed by atoms with Gasteiger partial charge in [0.1, 0.15) is 12.6 Å². The first kappa shape index (κ1) is 14.7. The van der Waals surface area contributed by atoms with Crippen LogP contribution in [0.5, 0.6) is 0 Å². The molecule has 0 unspecified atom stereocenters. The molecule has 1 atom stereocenters. The molecule has 0 amide bonds. The van der Waals surface area contributed by atoms with Gasteiger partial charge in [0.25, 0.3) is 0 Å². The van der Waals surface area contributed by atoms with Crippen LogP contribution in [0.2, 0.25) is 0 Å². The van der Waals surface area contributed by atoms with Gasteiger partial charge in [-0.2, -0.15) is 0 Å². The highest BCUT2D eigenvalue weighted by Gasteiger charge is 2.57. The molecule has 1 rings (SSSR count). The summed E-state index contributed by atoms with van der Waals surface area (Å²) >= 11 is 0. The Morgan fingerprint density at radius 2 is 1.76 bits per heavy atom. The molecule has 3 nitrogen and oxygen atoms in total. The lowest BCUT2D eigenvalue weighted by molar-refractivity contribution is -0.617. The molecule has 1 heterocycles. The fraction of sp³-hybridized carbons (Fsp3) is 0.929. The molecule has 0 spiro atoms. The van der Waals surface area contributed by atoms with Crippen LogP contribution >= 0.6 is 0 Å². The lowest BCUT2D eigenvalue weighted by Gasteiger charge is -2.32. The molecule has 1 N–H and O–H groups in total. The Labute approximate surface area is 106 Å². The Bertz CT molecular complexity index is 309. The Morgan fingerprint density at radius 1 is 1.18 bits per heavy atom. The Hall–Kier alpha value is -0.410. The minimum atomic E-state index is -0.256. The predicted molar refractivity (Wildman–Crippen MR) is 71.7 cm³/mol. The van der Waals surface area contributed by atoms with Crippen LogP contribution in [0.4, 0.5) is 0 Å². The van der Waals surface area contributed by atoms with E-state index in [1.165, 1.54) is 31.4 Å². The number of hydrogen-bond donors (Lipinski definition) is 1. The van der Waals surface area contributed by atoms with Gasteiger partial charge < -0.3 is 5.21 Å². The molecule has 0 aliphatic carbocycles. The van der Waals surface area contributed by atoms with Crippen molar-refractivity contribution in [3.8, 4) is 0 Å². The normalized spacial score (nSPS) is 29.1. The summed E-state index contributed by atoms with van der Waals surface area (Å²) in [5, 5.41) is 12.0. The Balaban J connectivity index is 2.76. The summed E-state index contributed by atoms with van der Waals surface area (Å²) in [7, 11) is 2.09. The molecule has 100 valence electrons. The van der Waals surface area contributed by atoms with Crippen molar-refractivity contribution in [3.05, 3.63) is 0 Å². The summed E-state index contributed by atoms with van der Waals surface area (Å²) in [6.07, 6.45) is 5.99. The highest BCUT2D eigenvalue weighted by molar-refractivity contribution is 5.87. The van der Waals surface area contributed by atoms with Gasteiger partial charge in [0, 0.05) is 20.3 Å². The van der Waals surface area contributed by atoms with Crippen LogP contribution < -0.4 is 0 Å². The van der Waals surface area contributed by atoms with Crippen LogP contribution in [-0.2, 0) is 0 Å². The molecular weight excluding hydrogens is 212 g/mol. The van der Waals surface area contributed by atoms with Crippen LogP contribution in [-0.4, -0.2) is 38.8 Å². The highest BCUT2D eigenvalue weighted by atomic mass is 16.5. The van der Waals surface area contributed by atoms with Gasteiger partial charge in [-0.15, -0.1) is 5.06 Å². The number of hydroxylamine groups is 2. The summed E-state index contributed by atoms with van der Waals surface area (Å²) in [4.78, 5) is 0. The van der Waals surface area contributed by atoms with Gasteiger partial charge in [0.2, 0.25) is 5.66 Å². The monoisotopic (exact) mass is 241 g/mol. The number of hydrogen-bond acceptors (Lipinski definition) is 2. The van der Waals surface area contributed by atoms with Crippen molar-refractivity contribution >= 4 is 5.71 Å². The lowest BCUT2D eigenvalue weighted by Crippen LogP contribution is -2.53. The fourth-order valence-electron chi connectivity index (χ4n) is 2.83. The maximum absolute atomic E-state index is 10.4. The number of unbranched alkanes of at least 4 members (excludes halogenated alkanes) is 3. The van der Waals surface area contributed by atoms with Gasteiger partial charge >= 0.3 is 0 Å². The van der Waals surface area contributed by atoms with Crippen molar-refractivity contribution in [3.63, 3.8) is 0 Å². The molecule has 0 aromatic carbocycles. The second kappa shape index (κ2) is 5.07. The van der Waals surface area contributed by atoms with Gasteiger partial charge in [0.05, 0.1) is 0 Å². The third-order valence-corrected chi connectivity index (χ3v) is 4.60. The summed E-state index contributed by atoms with van der Waals surface area (Å²) in [5.74, 6) is 0. The van der Waals surface area contributed by atoms with Gasteiger partial charge in [0.15, 0.2) is 5.71 Å². The van der Waals surface area contributed by atoms with Crippen molar-refractivity contribution in [2.45, 2.75) is 77.9 Å². The van der Waals surface area contributed by atoms with Crippen LogP contribution in [0.1, 0.15) is 66.7 Å². The molecular formula is C14H29N2O+. The topological polar surface area (TPSA) is 26.5 Å². The average molecular weight is 241 g/mol. The summed E-state index contributed by atoms with van der Waals surface area (Å²) in [5.41, 5.74) is 0.730. The van der Waals surface area contributed by atoms with E-state index in [2.05, 4.69) is 46.2 Å². The predicted octanol–water partition coefficient (Wildman–Crippen LogP) is 3.26. The zero-order valence-electron chi connectivity index (χ0n) is 12.4.